The number of hydrogen-bond donors (Lipinski definition) is 0. The number of anilines is 2. The maximum atomic E-state index is 6.26. The fraction of sp³-hybridized carbons (Fsp3) is 0.0769. The minimum absolute atomic E-state index is 0.602. The van der Waals surface area contributed by atoms with Gasteiger partial charge < -0.3 is 4.90 Å². The highest BCUT2D eigenvalue weighted by Gasteiger charge is 2.23. The van der Waals surface area contributed by atoms with Gasteiger partial charge in [0.25, 0.3) is 0 Å². The summed E-state index contributed by atoms with van der Waals surface area (Å²) in [6.45, 7) is 0. The molecule has 0 N–H and O–H groups in total. The summed E-state index contributed by atoms with van der Waals surface area (Å²) in [5, 5.41) is 1.24. The molecule has 0 saturated carbocycles. The van der Waals surface area contributed by atoms with Gasteiger partial charge in [-0.15, -0.1) is 0 Å². The van der Waals surface area contributed by atoms with Crippen LogP contribution in [0.25, 0.3) is 0 Å². The van der Waals surface area contributed by atoms with E-state index in [1.54, 1.807) is 11.8 Å². The van der Waals surface area contributed by atoms with Crippen LogP contribution in [-0.2, 0) is 0 Å². The predicted octanol–water partition coefficient (Wildman–Crippen LogP) is 5.23. The first kappa shape index (κ1) is 11.3. The van der Waals surface area contributed by atoms with Gasteiger partial charge in [-0.25, -0.2) is 0 Å². The van der Waals surface area contributed by atoms with Crippen LogP contribution in [-0.4, -0.2) is 7.05 Å². The molecule has 1 aliphatic rings. The van der Waals surface area contributed by atoms with Crippen LogP contribution < -0.4 is 4.90 Å². The van der Waals surface area contributed by atoms with Crippen molar-refractivity contribution in [2.24, 2.45) is 0 Å². The van der Waals surface area contributed by atoms with E-state index in [0.29, 0.717) is 10.0 Å². The van der Waals surface area contributed by atoms with Crippen molar-refractivity contribution in [2.45, 2.75) is 9.79 Å². The van der Waals surface area contributed by atoms with Crippen molar-refractivity contribution in [2.75, 3.05) is 11.9 Å². The molecule has 0 amide bonds. The maximum absolute atomic E-state index is 6.26. The van der Waals surface area contributed by atoms with E-state index in [2.05, 4.69) is 17.0 Å². The molecule has 2 aromatic rings. The van der Waals surface area contributed by atoms with Gasteiger partial charge in [0.2, 0.25) is 0 Å². The molecule has 0 radical (unpaired) electrons. The van der Waals surface area contributed by atoms with Crippen LogP contribution >= 0.6 is 35.0 Å². The molecule has 17 heavy (non-hydrogen) atoms. The van der Waals surface area contributed by atoms with E-state index < -0.39 is 0 Å². The van der Waals surface area contributed by atoms with Crippen molar-refractivity contribution in [1.29, 1.82) is 0 Å². The number of hydrogen-bond acceptors (Lipinski definition) is 2. The van der Waals surface area contributed by atoms with Crippen LogP contribution in [0.2, 0.25) is 10.0 Å². The van der Waals surface area contributed by atoms with Gasteiger partial charge in [0.15, 0.2) is 0 Å². The van der Waals surface area contributed by atoms with Crippen LogP contribution in [0.4, 0.5) is 11.4 Å². The maximum Gasteiger partial charge on any atom is 0.0752 e. The largest absolute Gasteiger partial charge is 0.343 e. The lowest BCUT2D eigenvalue weighted by atomic mass is 10.2. The van der Waals surface area contributed by atoms with Gasteiger partial charge in [-0.05, 0) is 24.3 Å². The van der Waals surface area contributed by atoms with Crippen LogP contribution in [0.3, 0.4) is 0 Å². The van der Waals surface area contributed by atoms with Crippen molar-refractivity contribution in [1.82, 2.24) is 0 Å². The summed E-state index contributed by atoms with van der Waals surface area (Å²) in [6, 6.07) is 12.1. The zero-order chi connectivity index (χ0) is 12.0. The smallest absolute Gasteiger partial charge is 0.0752 e. The van der Waals surface area contributed by atoms with E-state index in [1.165, 1.54) is 10.6 Å². The molecule has 0 atom stereocenters. The monoisotopic (exact) mass is 281 g/mol. The Labute approximate surface area is 114 Å². The summed E-state index contributed by atoms with van der Waals surface area (Å²) in [5.74, 6) is 0. The molecule has 3 rings (SSSR count). The van der Waals surface area contributed by atoms with Gasteiger partial charge in [-0.2, -0.15) is 0 Å². The molecule has 2 aromatic carbocycles. The quantitative estimate of drug-likeness (QED) is 0.651. The molecule has 0 bridgehead atoms. The highest BCUT2D eigenvalue weighted by Crippen LogP contribution is 2.51. The Balaban J connectivity index is 2.23. The third kappa shape index (κ3) is 1.71. The van der Waals surface area contributed by atoms with Gasteiger partial charge in [0.05, 0.1) is 26.3 Å². The Bertz CT molecular complexity index is 598. The average Bonchev–Trinajstić information content (AvgIpc) is 2.35. The van der Waals surface area contributed by atoms with E-state index in [4.69, 9.17) is 23.2 Å². The highest BCUT2D eigenvalue weighted by molar-refractivity contribution is 7.99. The van der Waals surface area contributed by atoms with E-state index >= 15 is 0 Å². The van der Waals surface area contributed by atoms with Crippen molar-refractivity contribution >= 4 is 46.3 Å². The molecule has 1 nitrogen and oxygen atoms in total. The van der Waals surface area contributed by atoms with Crippen molar-refractivity contribution in [3.8, 4) is 0 Å². The zero-order valence-electron chi connectivity index (χ0n) is 9.08. The second-order valence-electron chi connectivity index (χ2n) is 3.84. The van der Waals surface area contributed by atoms with Crippen LogP contribution in [0.15, 0.2) is 46.2 Å². The highest BCUT2D eigenvalue weighted by atomic mass is 35.5. The lowest BCUT2D eigenvalue weighted by Crippen LogP contribution is -2.14. The van der Waals surface area contributed by atoms with Crippen molar-refractivity contribution in [3.63, 3.8) is 0 Å². The molecule has 0 aromatic heterocycles. The molecule has 86 valence electrons. The van der Waals surface area contributed by atoms with Gasteiger partial charge in [0, 0.05) is 11.9 Å². The average molecular weight is 282 g/mol. The number of benzene rings is 2. The van der Waals surface area contributed by atoms with Gasteiger partial charge in [-0.1, -0.05) is 47.1 Å². The Kier molecular flexibility index (Phi) is 2.74. The summed E-state index contributed by atoms with van der Waals surface area (Å²) in [7, 11) is 2.04. The number of para-hydroxylation sites is 1. The van der Waals surface area contributed by atoms with Crippen LogP contribution in [0.5, 0.6) is 0 Å². The second kappa shape index (κ2) is 4.13. The second-order valence-corrected chi connectivity index (χ2v) is 5.68. The van der Waals surface area contributed by atoms with Gasteiger partial charge in [0.1, 0.15) is 0 Å². The number of fused-ring (bicyclic) bond motifs is 2. The minimum Gasteiger partial charge on any atom is -0.343 e. The predicted molar refractivity (Wildman–Crippen MR) is 75.1 cm³/mol. The van der Waals surface area contributed by atoms with E-state index in [9.17, 15) is 0 Å². The molecule has 0 aliphatic carbocycles. The first-order valence-corrected chi connectivity index (χ1v) is 6.74. The number of rotatable bonds is 0. The standard InChI is InChI=1S/C13H9Cl2NS/c1-16-9-4-2-3-5-11(9)17-13-10(16)7-6-8(14)12(13)15/h2-7H,1H3. The van der Waals surface area contributed by atoms with Crippen molar-refractivity contribution < 1.29 is 0 Å². The molecule has 0 saturated heterocycles. The summed E-state index contributed by atoms with van der Waals surface area (Å²) < 4.78 is 0. The zero-order valence-corrected chi connectivity index (χ0v) is 11.4. The molecule has 0 fully saturated rings. The first-order valence-electron chi connectivity index (χ1n) is 5.17. The Morgan fingerprint density at radius 3 is 2.59 bits per heavy atom. The third-order valence-electron chi connectivity index (χ3n) is 2.83. The van der Waals surface area contributed by atoms with Crippen LogP contribution in [0.1, 0.15) is 0 Å². The Morgan fingerprint density at radius 1 is 1.00 bits per heavy atom. The molecule has 0 unspecified atom stereocenters. The minimum atomic E-state index is 0.602. The normalized spacial score (nSPS) is 13.2. The fourth-order valence-corrected chi connectivity index (χ4v) is 3.62. The van der Waals surface area contributed by atoms with E-state index in [-0.39, 0.29) is 0 Å². The summed E-state index contributed by atoms with van der Waals surface area (Å²) in [4.78, 5) is 4.37. The molecule has 1 aliphatic heterocycles. The van der Waals surface area contributed by atoms with Gasteiger partial charge >= 0.3 is 0 Å². The molecular weight excluding hydrogens is 273 g/mol. The molecule has 4 heteroatoms. The van der Waals surface area contributed by atoms with Gasteiger partial charge in [-0.3, -0.25) is 0 Å². The van der Waals surface area contributed by atoms with E-state index in [1.807, 2.05) is 31.3 Å². The summed E-state index contributed by atoms with van der Waals surface area (Å²) in [6.07, 6.45) is 0. The molecule has 1 heterocycles. The third-order valence-corrected chi connectivity index (χ3v) is 4.93. The topological polar surface area (TPSA) is 3.24 Å². The molecular formula is C13H9Cl2NS. The molecule has 0 spiro atoms. The van der Waals surface area contributed by atoms with Crippen LogP contribution in [0, 0.1) is 0 Å². The Hall–Kier alpha value is -0.830. The lowest BCUT2D eigenvalue weighted by molar-refractivity contribution is 1.11. The number of nitrogens with zero attached hydrogens (tertiary/aromatic N) is 1. The lowest BCUT2D eigenvalue weighted by Gasteiger charge is -2.30. The first-order chi connectivity index (χ1) is 8.18. The van der Waals surface area contributed by atoms with E-state index in [0.717, 1.165) is 10.6 Å². The fourth-order valence-electron chi connectivity index (χ4n) is 1.94. The Morgan fingerprint density at radius 2 is 1.76 bits per heavy atom. The SMILES string of the molecule is CN1c2ccccc2Sc2c1ccc(Cl)c2Cl. The number of halogens is 2. The summed E-state index contributed by atoms with van der Waals surface area (Å²) in [5.41, 5.74) is 2.30. The summed E-state index contributed by atoms with van der Waals surface area (Å²) >= 11 is 14.0. The van der Waals surface area contributed by atoms with Crippen molar-refractivity contribution in [3.05, 3.63) is 46.4 Å².